The number of nitrogens with one attached hydrogen (secondary N) is 1. The van der Waals surface area contributed by atoms with Crippen molar-refractivity contribution < 1.29 is 4.74 Å². The Labute approximate surface area is 75.2 Å². The summed E-state index contributed by atoms with van der Waals surface area (Å²) in [6.07, 6.45) is 1.43. The highest BCUT2D eigenvalue weighted by molar-refractivity contribution is 6.69. The van der Waals surface area contributed by atoms with Crippen LogP contribution in [0.3, 0.4) is 0 Å². The van der Waals surface area contributed by atoms with Gasteiger partial charge in [0.2, 0.25) is 0 Å². The molecule has 0 spiro atoms. The predicted molar refractivity (Wildman–Crippen MR) is 47.6 cm³/mol. The number of hydrogen-bond acceptors (Lipinski definition) is 2. The van der Waals surface area contributed by atoms with Gasteiger partial charge in [0.05, 0.1) is 7.11 Å². The lowest BCUT2D eigenvalue weighted by molar-refractivity contribution is 0.393. The molecule has 0 aliphatic heterocycles. The van der Waals surface area contributed by atoms with E-state index in [0.717, 1.165) is 0 Å². The molecule has 5 heteroatoms. The molecule has 0 saturated carbocycles. The topological polar surface area (TPSA) is 45.4 Å². The normalized spacial score (nSPS) is 13.1. The Morgan fingerprint density at radius 3 is 2.45 bits per heavy atom. The van der Waals surface area contributed by atoms with E-state index in [1.807, 2.05) is 0 Å². The molecule has 0 radical (unpaired) electrons. The average molecular weight is 195 g/mol. The van der Waals surface area contributed by atoms with Crippen molar-refractivity contribution in [2.75, 3.05) is 7.11 Å². The largest absolute Gasteiger partial charge is 0.467 e. The minimum atomic E-state index is -0.246. The average Bonchev–Trinajstić information content (AvgIpc) is 1.85. The quantitative estimate of drug-likeness (QED) is 0.506. The number of ether oxygens (including phenoxy) is 1. The van der Waals surface area contributed by atoms with Gasteiger partial charge in [-0.25, -0.2) is 5.41 Å². The van der Waals surface area contributed by atoms with Crippen LogP contribution in [-0.2, 0) is 4.74 Å². The second-order valence-electron chi connectivity index (χ2n) is 1.67. The van der Waals surface area contributed by atoms with Gasteiger partial charge in [0.1, 0.15) is 5.17 Å². The summed E-state index contributed by atoms with van der Waals surface area (Å²) in [5.74, 6) is 0. The van der Waals surface area contributed by atoms with Crippen molar-refractivity contribution >= 4 is 34.4 Å². The van der Waals surface area contributed by atoms with E-state index in [1.165, 1.54) is 13.2 Å². The molecule has 0 heterocycles. The Bertz CT molecular complexity index is 207. The molecule has 1 N–H and O–H groups in total. The summed E-state index contributed by atoms with van der Waals surface area (Å²) < 4.78 is 4.44. The van der Waals surface area contributed by atoms with Crippen LogP contribution in [0.25, 0.3) is 0 Å². The Balaban J connectivity index is 4.23. The van der Waals surface area contributed by atoms with E-state index in [-0.39, 0.29) is 11.2 Å². The lowest BCUT2D eigenvalue weighted by atomic mass is 10.5. The molecule has 0 unspecified atom stereocenters. The van der Waals surface area contributed by atoms with Crippen LogP contribution in [0.4, 0.5) is 0 Å². The maximum atomic E-state index is 6.95. The third-order valence-electron chi connectivity index (χ3n) is 0.720. The van der Waals surface area contributed by atoms with Crippen LogP contribution in [0.15, 0.2) is 16.1 Å². The van der Waals surface area contributed by atoms with Crippen molar-refractivity contribution in [1.82, 2.24) is 0 Å². The molecule has 0 aromatic rings. The summed E-state index contributed by atoms with van der Waals surface area (Å²) in [5.41, 5.74) is 0. The summed E-state index contributed by atoms with van der Waals surface area (Å²) in [5, 5.41) is 7.58. The maximum absolute atomic E-state index is 6.95. The van der Waals surface area contributed by atoms with Crippen molar-refractivity contribution in [2.24, 2.45) is 4.99 Å². The zero-order chi connectivity index (χ0) is 8.85. The molecule has 0 aromatic carbocycles. The SMILES string of the molecule is COC(=N)/N=C(Cl)\C=C(/C)Cl. The molecule has 0 bridgehead atoms. The first-order chi connectivity index (χ1) is 5.06. The number of amidine groups is 1. The fraction of sp³-hybridized carbons (Fsp3) is 0.333. The molecule has 11 heavy (non-hydrogen) atoms. The van der Waals surface area contributed by atoms with E-state index in [9.17, 15) is 0 Å². The maximum Gasteiger partial charge on any atom is 0.309 e. The minimum absolute atomic E-state index is 0.129. The number of halogens is 2. The number of nitrogens with zero attached hydrogens (tertiary/aromatic N) is 1. The zero-order valence-electron chi connectivity index (χ0n) is 6.19. The highest BCUT2D eigenvalue weighted by atomic mass is 35.5. The van der Waals surface area contributed by atoms with E-state index in [2.05, 4.69) is 9.73 Å². The second kappa shape index (κ2) is 5.16. The van der Waals surface area contributed by atoms with E-state index < -0.39 is 0 Å². The monoisotopic (exact) mass is 194 g/mol. The van der Waals surface area contributed by atoms with Crippen LogP contribution in [0, 0.1) is 5.41 Å². The number of methoxy groups -OCH3 is 1. The summed E-state index contributed by atoms with van der Waals surface area (Å²) >= 11 is 11.0. The van der Waals surface area contributed by atoms with Crippen LogP contribution in [-0.4, -0.2) is 18.3 Å². The summed E-state index contributed by atoms with van der Waals surface area (Å²) in [6.45, 7) is 1.66. The summed E-state index contributed by atoms with van der Waals surface area (Å²) in [6, 6.07) is -0.246. The highest BCUT2D eigenvalue weighted by Crippen LogP contribution is 2.01. The molecular formula is C6H8Cl2N2O. The first-order valence-electron chi connectivity index (χ1n) is 2.76. The molecule has 0 rings (SSSR count). The molecule has 0 aromatic heterocycles. The van der Waals surface area contributed by atoms with Crippen molar-refractivity contribution in [1.29, 1.82) is 5.41 Å². The van der Waals surface area contributed by atoms with Gasteiger partial charge in [-0.15, -0.1) is 0 Å². The van der Waals surface area contributed by atoms with Crippen LogP contribution < -0.4 is 0 Å². The first-order valence-corrected chi connectivity index (χ1v) is 3.52. The smallest absolute Gasteiger partial charge is 0.309 e. The molecule has 0 atom stereocenters. The van der Waals surface area contributed by atoms with Crippen LogP contribution in [0.1, 0.15) is 6.92 Å². The number of aliphatic imine (C=N–C) groups is 1. The van der Waals surface area contributed by atoms with Crippen molar-refractivity contribution in [3.63, 3.8) is 0 Å². The molecular weight excluding hydrogens is 187 g/mol. The third kappa shape index (κ3) is 5.88. The van der Waals surface area contributed by atoms with Gasteiger partial charge in [0.25, 0.3) is 0 Å². The lowest BCUT2D eigenvalue weighted by Gasteiger charge is -1.93. The van der Waals surface area contributed by atoms with E-state index >= 15 is 0 Å². The van der Waals surface area contributed by atoms with Gasteiger partial charge < -0.3 is 4.74 Å². The van der Waals surface area contributed by atoms with Gasteiger partial charge in [-0.1, -0.05) is 23.2 Å². The molecule has 3 nitrogen and oxygen atoms in total. The number of hydrogen-bond donors (Lipinski definition) is 1. The molecule has 0 amide bonds. The van der Waals surface area contributed by atoms with Gasteiger partial charge in [-0.2, -0.15) is 4.99 Å². The molecule has 0 saturated heterocycles. The van der Waals surface area contributed by atoms with Crippen LogP contribution in [0.5, 0.6) is 0 Å². The molecule has 0 aliphatic rings. The second-order valence-corrected chi connectivity index (χ2v) is 2.66. The molecule has 0 aliphatic carbocycles. The van der Waals surface area contributed by atoms with E-state index in [0.29, 0.717) is 5.03 Å². The molecule has 0 fully saturated rings. The van der Waals surface area contributed by atoms with Crippen molar-refractivity contribution in [2.45, 2.75) is 6.92 Å². The Morgan fingerprint density at radius 2 is 2.09 bits per heavy atom. The third-order valence-corrected chi connectivity index (χ3v) is 1.02. The fourth-order valence-electron chi connectivity index (χ4n) is 0.339. The summed E-state index contributed by atoms with van der Waals surface area (Å²) in [7, 11) is 1.34. The zero-order valence-corrected chi connectivity index (χ0v) is 7.70. The van der Waals surface area contributed by atoms with Crippen LogP contribution >= 0.6 is 23.2 Å². The van der Waals surface area contributed by atoms with Gasteiger partial charge >= 0.3 is 6.02 Å². The predicted octanol–water partition coefficient (Wildman–Crippen LogP) is 2.35. The Morgan fingerprint density at radius 1 is 1.55 bits per heavy atom. The number of allylic oxidation sites excluding steroid dienone is 2. The Kier molecular flexibility index (Phi) is 4.90. The van der Waals surface area contributed by atoms with Gasteiger partial charge in [0.15, 0.2) is 0 Å². The molecule has 62 valence electrons. The van der Waals surface area contributed by atoms with E-state index in [4.69, 9.17) is 28.6 Å². The van der Waals surface area contributed by atoms with Gasteiger partial charge in [-0.3, -0.25) is 0 Å². The van der Waals surface area contributed by atoms with Crippen molar-refractivity contribution in [3.8, 4) is 0 Å². The fourth-order valence-corrected chi connectivity index (χ4v) is 0.739. The van der Waals surface area contributed by atoms with E-state index in [1.54, 1.807) is 6.92 Å². The van der Waals surface area contributed by atoms with Gasteiger partial charge in [-0.05, 0) is 13.0 Å². The van der Waals surface area contributed by atoms with Gasteiger partial charge in [0, 0.05) is 5.03 Å². The number of rotatable bonds is 1. The standard InChI is InChI=1S/C6H8Cl2N2O/c1-4(7)3-5(8)10-6(9)11-2/h3,9H,1-2H3/b4-3+,9-6?,10-5+. The minimum Gasteiger partial charge on any atom is -0.467 e. The lowest BCUT2D eigenvalue weighted by Crippen LogP contribution is -1.96. The van der Waals surface area contributed by atoms with Crippen molar-refractivity contribution in [3.05, 3.63) is 11.1 Å². The Hall–Kier alpha value is -0.540. The summed E-state index contributed by atoms with van der Waals surface area (Å²) in [4.78, 5) is 3.52. The first kappa shape index (κ1) is 10.5. The van der Waals surface area contributed by atoms with Crippen LogP contribution in [0.2, 0.25) is 0 Å². The highest BCUT2D eigenvalue weighted by Gasteiger charge is 1.93.